The van der Waals surface area contributed by atoms with E-state index >= 15 is 0 Å². The van der Waals surface area contributed by atoms with E-state index in [1.54, 1.807) is 0 Å². The summed E-state index contributed by atoms with van der Waals surface area (Å²) in [5, 5.41) is 17.6. The van der Waals surface area contributed by atoms with Crippen LogP contribution in [-0.2, 0) is 4.79 Å². The quantitative estimate of drug-likeness (QED) is 0.677. The van der Waals surface area contributed by atoms with E-state index in [1.165, 1.54) is 0 Å². The van der Waals surface area contributed by atoms with E-state index in [4.69, 9.17) is 10.2 Å². The van der Waals surface area contributed by atoms with Crippen molar-refractivity contribution in [3.8, 4) is 0 Å². The van der Waals surface area contributed by atoms with Gasteiger partial charge in [0.1, 0.15) is 0 Å². The average molecular weight is 185 g/mol. The van der Waals surface area contributed by atoms with Crippen molar-refractivity contribution in [2.75, 3.05) is 13.2 Å². The van der Waals surface area contributed by atoms with Crippen LogP contribution in [0.15, 0.2) is 4.99 Å². The molecule has 0 amide bonds. The molecular weight excluding hydrogens is 170 g/mol. The van der Waals surface area contributed by atoms with Crippen molar-refractivity contribution in [1.29, 1.82) is 0 Å². The third kappa shape index (κ3) is 2.06. The molecule has 0 bridgehead atoms. The zero-order valence-corrected chi connectivity index (χ0v) is 7.79. The maximum Gasteiger partial charge on any atom is 0.304 e. The van der Waals surface area contributed by atoms with Crippen LogP contribution in [0.25, 0.3) is 0 Å². The van der Waals surface area contributed by atoms with Crippen LogP contribution in [0, 0.1) is 5.41 Å². The molecule has 74 valence electrons. The molecule has 1 heterocycles. The highest BCUT2D eigenvalue weighted by molar-refractivity contribution is 5.92. The van der Waals surface area contributed by atoms with Crippen molar-refractivity contribution in [2.24, 2.45) is 10.4 Å². The van der Waals surface area contributed by atoms with Crippen molar-refractivity contribution < 1.29 is 15.0 Å². The van der Waals surface area contributed by atoms with E-state index in [-0.39, 0.29) is 18.4 Å². The van der Waals surface area contributed by atoms with Crippen molar-refractivity contribution in [1.82, 2.24) is 0 Å². The lowest BCUT2D eigenvalue weighted by Gasteiger charge is -2.26. The fourth-order valence-corrected chi connectivity index (χ4v) is 1.90. The molecule has 0 aromatic carbocycles. The minimum absolute atomic E-state index is 0.0279. The van der Waals surface area contributed by atoms with Gasteiger partial charge in [0.15, 0.2) is 0 Å². The number of hydrogen-bond acceptors (Lipinski definition) is 3. The molecule has 0 aliphatic carbocycles. The van der Waals surface area contributed by atoms with Crippen LogP contribution >= 0.6 is 0 Å². The van der Waals surface area contributed by atoms with Gasteiger partial charge in [-0.2, -0.15) is 0 Å². The summed E-state index contributed by atoms with van der Waals surface area (Å²) in [4.78, 5) is 14.8. The van der Waals surface area contributed by atoms with E-state index < -0.39 is 5.97 Å². The Bertz CT molecular complexity index is 237. The smallest absolute Gasteiger partial charge is 0.304 e. The maximum atomic E-state index is 10.6. The molecule has 4 nitrogen and oxygen atoms in total. The zero-order chi connectivity index (χ0) is 9.90. The van der Waals surface area contributed by atoms with Crippen LogP contribution in [0.3, 0.4) is 0 Å². The number of carboxylic acid groups (broad SMARTS) is 1. The number of aliphatic imine (C=N–C) groups is 1. The highest BCUT2D eigenvalue weighted by atomic mass is 16.4. The lowest BCUT2D eigenvalue weighted by Crippen LogP contribution is -2.30. The van der Waals surface area contributed by atoms with Gasteiger partial charge in [0, 0.05) is 24.3 Å². The van der Waals surface area contributed by atoms with E-state index in [1.807, 2.05) is 6.92 Å². The highest BCUT2D eigenvalue weighted by Crippen LogP contribution is 2.36. The summed E-state index contributed by atoms with van der Waals surface area (Å²) in [6.45, 7) is 2.57. The van der Waals surface area contributed by atoms with E-state index in [0.29, 0.717) is 13.0 Å². The largest absolute Gasteiger partial charge is 0.481 e. The molecule has 1 atom stereocenters. The molecule has 0 fully saturated rings. The number of rotatable bonds is 4. The van der Waals surface area contributed by atoms with Gasteiger partial charge in [0.2, 0.25) is 0 Å². The van der Waals surface area contributed by atoms with E-state index in [9.17, 15) is 4.79 Å². The molecule has 0 spiro atoms. The molecule has 0 saturated heterocycles. The van der Waals surface area contributed by atoms with Crippen molar-refractivity contribution >= 4 is 11.7 Å². The summed E-state index contributed by atoms with van der Waals surface area (Å²) in [5.41, 5.74) is 0.504. The number of carbonyl (C=O) groups is 1. The maximum absolute atomic E-state index is 10.6. The van der Waals surface area contributed by atoms with Crippen LogP contribution < -0.4 is 0 Å². The van der Waals surface area contributed by atoms with Gasteiger partial charge < -0.3 is 10.2 Å². The predicted molar refractivity (Wildman–Crippen MR) is 49.0 cm³/mol. The Morgan fingerprint density at radius 1 is 1.69 bits per heavy atom. The summed E-state index contributed by atoms with van der Waals surface area (Å²) in [6, 6.07) is 0. The molecule has 1 aliphatic rings. The van der Waals surface area contributed by atoms with Gasteiger partial charge in [0.05, 0.1) is 6.42 Å². The fraction of sp³-hybridized carbons (Fsp3) is 0.778. The lowest BCUT2D eigenvalue weighted by atomic mass is 9.76. The average Bonchev–Trinajstić information content (AvgIpc) is 2.32. The SMILES string of the molecule is CC1=NCCC1(CCO)CC(=O)O. The first-order valence-corrected chi connectivity index (χ1v) is 4.45. The van der Waals surface area contributed by atoms with Gasteiger partial charge in [-0.25, -0.2) is 0 Å². The summed E-state index contributed by atoms with van der Waals surface area (Å²) in [5.74, 6) is -0.815. The normalized spacial score (nSPS) is 27.4. The molecule has 0 aromatic heterocycles. The van der Waals surface area contributed by atoms with Crippen LogP contribution in [0.2, 0.25) is 0 Å². The number of carboxylic acids is 1. The topological polar surface area (TPSA) is 69.9 Å². The van der Waals surface area contributed by atoms with Crippen molar-refractivity contribution in [3.05, 3.63) is 0 Å². The molecule has 1 unspecified atom stereocenters. The van der Waals surface area contributed by atoms with Gasteiger partial charge in [-0.3, -0.25) is 9.79 Å². The Hall–Kier alpha value is -0.900. The molecule has 4 heteroatoms. The monoisotopic (exact) mass is 185 g/mol. The first-order valence-electron chi connectivity index (χ1n) is 4.45. The Labute approximate surface area is 77.3 Å². The standard InChI is InChI=1S/C9H15NO3/c1-7-9(3-5-11,2-4-10-7)6-8(12)13/h11H,2-6H2,1H3,(H,12,13). The first-order chi connectivity index (χ1) is 6.10. The Morgan fingerprint density at radius 2 is 2.38 bits per heavy atom. The van der Waals surface area contributed by atoms with Gasteiger partial charge in [-0.15, -0.1) is 0 Å². The minimum atomic E-state index is -0.815. The second kappa shape index (κ2) is 3.87. The van der Waals surface area contributed by atoms with Gasteiger partial charge in [-0.1, -0.05) is 0 Å². The summed E-state index contributed by atoms with van der Waals surface area (Å²) < 4.78 is 0. The van der Waals surface area contributed by atoms with Gasteiger partial charge >= 0.3 is 5.97 Å². The van der Waals surface area contributed by atoms with Crippen LogP contribution in [0.4, 0.5) is 0 Å². The second-order valence-electron chi connectivity index (χ2n) is 3.54. The third-order valence-corrected chi connectivity index (χ3v) is 2.79. The third-order valence-electron chi connectivity index (χ3n) is 2.79. The van der Waals surface area contributed by atoms with Gasteiger partial charge in [-0.05, 0) is 19.8 Å². The second-order valence-corrected chi connectivity index (χ2v) is 3.54. The molecule has 2 N–H and O–H groups in total. The van der Waals surface area contributed by atoms with Crippen molar-refractivity contribution in [3.63, 3.8) is 0 Å². The fourth-order valence-electron chi connectivity index (χ4n) is 1.90. The van der Waals surface area contributed by atoms with Gasteiger partial charge in [0.25, 0.3) is 0 Å². The van der Waals surface area contributed by atoms with E-state index in [2.05, 4.69) is 4.99 Å². The summed E-state index contributed by atoms with van der Waals surface area (Å²) in [7, 11) is 0. The lowest BCUT2D eigenvalue weighted by molar-refractivity contribution is -0.138. The minimum Gasteiger partial charge on any atom is -0.481 e. The van der Waals surface area contributed by atoms with Crippen LogP contribution in [0.5, 0.6) is 0 Å². The first kappa shape index (κ1) is 10.2. The number of aliphatic carboxylic acids is 1. The zero-order valence-electron chi connectivity index (χ0n) is 7.79. The number of aliphatic hydroxyl groups excluding tert-OH is 1. The molecule has 1 aliphatic heterocycles. The molecular formula is C9H15NO3. The number of hydrogen-bond donors (Lipinski definition) is 2. The number of aliphatic hydroxyl groups is 1. The Kier molecular flexibility index (Phi) is 3.03. The summed E-state index contributed by atoms with van der Waals surface area (Å²) >= 11 is 0. The van der Waals surface area contributed by atoms with Crippen LogP contribution in [0.1, 0.15) is 26.2 Å². The van der Waals surface area contributed by atoms with Crippen LogP contribution in [-0.4, -0.2) is 35.0 Å². The summed E-state index contributed by atoms with van der Waals surface area (Å²) in [6.07, 6.45) is 1.35. The highest BCUT2D eigenvalue weighted by Gasteiger charge is 2.37. The van der Waals surface area contributed by atoms with Crippen molar-refractivity contribution in [2.45, 2.75) is 26.2 Å². The number of nitrogens with zero attached hydrogens (tertiary/aromatic N) is 1. The Balaban J connectivity index is 2.75. The molecule has 0 aromatic rings. The molecule has 0 radical (unpaired) electrons. The predicted octanol–water partition coefficient (Wildman–Crippen LogP) is 0.695. The molecule has 13 heavy (non-hydrogen) atoms. The molecule has 1 rings (SSSR count). The Morgan fingerprint density at radius 3 is 2.77 bits per heavy atom. The molecule has 0 saturated carbocycles. The van der Waals surface area contributed by atoms with E-state index in [0.717, 1.165) is 12.1 Å².